The average Bonchev–Trinajstić information content (AvgIpc) is 3.18. The average molecular weight is 605 g/mol. The largest absolute Gasteiger partial charge is 0.490 e. The molecule has 0 saturated heterocycles. The number of allylic oxidation sites excluding steroid dienone is 1. The van der Waals surface area contributed by atoms with Gasteiger partial charge in [-0.15, -0.1) is 6.58 Å². The van der Waals surface area contributed by atoms with Gasteiger partial charge in [0.05, 0.1) is 6.61 Å². The van der Waals surface area contributed by atoms with Gasteiger partial charge in [0, 0.05) is 22.1 Å². The van der Waals surface area contributed by atoms with Gasteiger partial charge in [-0.25, -0.2) is 9.69 Å². The van der Waals surface area contributed by atoms with E-state index in [1.165, 1.54) is 0 Å². The summed E-state index contributed by atoms with van der Waals surface area (Å²) in [6.45, 7) is 8.00. The quantitative estimate of drug-likeness (QED) is 0.254. The van der Waals surface area contributed by atoms with Gasteiger partial charge in [-0.05, 0) is 61.7 Å². The molecule has 0 radical (unpaired) electrons. The number of carbonyl (C=O) groups is 3. The lowest BCUT2D eigenvalue weighted by Gasteiger charge is -2.18. The highest BCUT2D eigenvalue weighted by Gasteiger charge is 2.34. The van der Waals surface area contributed by atoms with Gasteiger partial charge in [0.15, 0.2) is 11.5 Å². The van der Waals surface area contributed by atoms with E-state index in [1.54, 1.807) is 24.3 Å². The van der Waals surface area contributed by atoms with E-state index < -0.39 is 24.4 Å². The molecule has 206 valence electrons. The third kappa shape index (κ3) is 7.24. The first kappa shape index (κ1) is 28.8. The Kier molecular flexibility index (Phi) is 9.50. The molecule has 9 heteroatoms. The molecule has 0 saturated carbocycles. The number of imide groups is 1. The molecule has 0 fully saturated rings. The van der Waals surface area contributed by atoms with Crippen LogP contribution in [-0.4, -0.2) is 41.6 Å². The Hall–Kier alpha value is -4.24. The molecule has 1 aliphatic heterocycles. The molecule has 0 atom stereocenters. The maximum Gasteiger partial charge on any atom is 0.351 e. The Morgan fingerprint density at radius 3 is 2.45 bits per heavy atom. The Morgan fingerprint density at radius 1 is 1.05 bits per heavy atom. The first-order chi connectivity index (χ1) is 19.3. The number of hydrogen-bond acceptors (Lipinski definition) is 5. The number of hydrogen-bond donors (Lipinski definition) is 1. The molecule has 0 bridgehead atoms. The van der Waals surface area contributed by atoms with Crippen molar-refractivity contribution >= 4 is 45.2 Å². The van der Waals surface area contributed by atoms with Gasteiger partial charge in [-0.3, -0.25) is 9.59 Å². The van der Waals surface area contributed by atoms with Crippen molar-refractivity contribution in [2.45, 2.75) is 33.3 Å². The predicted octanol–water partition coefficient (Wildman–Crippen LogP) is 6.05. The summed E-state index contributed by atoms with van der Waals surface area (Å²) in [7, 11) is 0. The number of ether oxygens (including phenoxy) is 2. The molecule has 3 aromatic carbocycles. The summed E-state index contributed by atoms with van der Waals surface area (Å²) >= 11 is 3.44. The van der Waals surface area contributed by atoms with Crippen LogP contribution < -0.4 is 14.8 Å². The Bertz CT molecular complexity index is 1450. The van der Waals surface area contributed by atoms with Crippen molar-refractivity contribution < 1.29 is 23.9 Å². The van der Waals surface area contributed by atoms with Crippen molar-refractivity contribution in [2.24, 2.45) is 4.99 Å². The number of aliphatic imine (C=N–C) groups is 1. The van der Waals surface area contributed by atoms with Crippen molar-refractivity contribution in [3.05, 3.63) is 100 Å². The fraction of sp³-hybridized carbons (Fsp3) is 0.226. The van der Waals surface area contributed by atoms with Crippen LogP contribution in [0.2, 0.25) is 0 Å². The normalized spacial score (nSPS) is 12.8. The highest BCUT2D eigenvalue weighted by molar-refractivity contribution is 9.10. The van der Waals surface area contributed by atoms with E-state index in [0.29, 0.717) is 36.8 Å². The number of anilines is 1. The lowest BCUT2D eigenvalue weighted by molar-refractivity contribution is -0.125. The van der Waals surface area contributed by atoms with Crippen molar-refractivity contribution in [3.8, 4) is 11.5 Å². The molecule has 0 aromatic heterocycles. The van der Waals surface area contributed by atoms with Gasteiger partial charge in [0.2, 0.25) is 5.91 Å². The lowest BCUT2D eigenvalue weighted by Crippen LogP contribution is -2.39. The van der Waals surface area contributed by atoms with E-state index >= 15 is 0 Å². The minimum atomic E-state index is -0.759. The number of amides is 4. The van der Waals surface area contributed by atoms with Gasteiger partial charge < -0.3 is 14.8 Å². The summed E-state index contributed by atoms with van der Waals surface area (Å²) in [5.41, 5.74) is 4.24. The predicted molar refractivity (Wildman–Crippen MR) is 158 cm³/mol. The zero-order valence-electron chi connectivity index (χ0n) is 22.4. The molecule has 4 rings (SSSR count). The molecular formula is C31H30BrN3O5. The standard InChI is InChI=1S/C31H30BrN3O5/c1-4-6-23-15-22(17-27(39-5-2)29(23)40-19-21-9-11-24(32)12-10-21)16-26-30(37)35(31(38)34-26)18-28(36)33-25-13-7-20(3)8-14-25/h4,7-15,17H,1,5-6,16,18-19H2,2-3H3,(H,33,36). The first-order valence-corrected chi connectivity index (χ1v) is 13.6. The molecule has 8 nitrogen and oxygen atoms in total. The highest BCUT2D eigenvalue weighted by Crippen LogP contribution is 2.35. The molecular weight excluding hydrogens is 574 g/mol. The second-order valence-corrected chi connectivity index (χ2v) is 10.2. The van der Waals surface area contributed by atoms with Gasteiger partial charge in [-0.1, -0.05) is 57.9 Å². The van der Waals surface area contributed by atoms with Crippen molar-refractivity contribution in [3.63, 3.8) is 0 Å². The molecule has 1 N–H and O–H groups in total. The number of benzene rings is 3. The van der Waals surface area contributed by atoms with E-state index in [-0.39, 0.29) is 12.1 Å². The van der Waals surface area contributed by atoms with E-state index in [4.69, 9.17) is 9.47 Å². The Labute approximate surface area is 241 Å². The van der Waals surface area contributed by atoms with Crippen molar-refractivity contribution in [1.82, 2.24) is 4.90 Å². The summed E-state index contributed by atoms with van der Waals surface area (Å²) in [5.74, 6) is 0.0447. The van der Waals surface area contributed by atoms with E-state index in [9.17, 15) is 14.4 Å². The third-order valence-corrected chi connectivity index (χ3v) is 6.64. The Morgan fingerprint density at radius 2 is 1.77 bits per heavy atom. The molecule has 1 aliphatic rings. The fourth-order valence-corrected chi connectivity index (χ4v) is 4.45. The van der Waals surface area contributed by atoms with Crippen molar-refractivity contribution in [2.75, 3.05) is 18.5 Å². The zero-order valence-corrected chi connectivity index (χ0v) is 24.0. The number of aryl methyl sites for hydroxylation is 1. The SMILES string of the molecule is C=CCc1cc(CC2=NC(=O)N(CC(=O)Nc3ccc(C)cc3)C2=O)cc(OCC)c1OCc1ccc(Br)cc1. The number of urea groups is 1. The molecule has 40 heavy (non-hydrogen) atoms. The molecule has 0 aliphatic carbocycles. The fourth-order valence-electron chi connectivity index (χ4n) is 4.19. The van der Waals surface area contributed by atoms with Crippen LogP contribution >= 0.6 is 15.9 Å². The summed E-state index contributed by atoms with van der Waals surface area (Å²) in [4.78, 5) is 42.9. The number of carbonyl (C=O) groups excluding carboxylic acids is 3. The summed E-state index contributed by atoms with van der Waals surface area (Å²) in [6.07, 6.45) is 2.36. The minimum absolute atomic E-state index is 0.0590. The van der Waals surface area contributed by atoms with Gasteiger partial charge >= 0.3 is 6.03 Å². The van der Waals surface area contributed by atoms with Crippen molar-refractivity contribution in [1.29, 1.82) is 0 Å². The smallest absolute Gasteiger partial charge is 0.351 e. The maximum absolute atomic E-state index is 13.0. The van der Waals surface area contributed by atoms with Crippen LogP contribution in [0, 0.1) is 6.92 Å². The van der Waals surface area contributed by atoms with E-state index in [1.807, 2.05) is 56.3 Å². The van der Waals surface area contributed by atoms with Crippen LogP contribution in [0.1, 0.15) is 29.2 Å². The number of nitrogens with one attached hydrogen (secondary N) is 1. The highest BCUT2D eigenvalue weighted by atomic mass is 79.9. The van der Waals surface area contributed by atoms with Crippen LogP contribution in [0.4, 0.5) is 10.5 Å². The van der Waals surface area contributed by atoms with Gasteiger partial charge in [0.25, 0.3) is 5.91 Å². The van der Waals surface area contributed by atoms with Crippen LogP contribution in [-0.2, 0) is 29.0 Å². The summed E-state index contributed by atoms with van der Waals surface area (Å²) in [6, 6.07) is 18.0. The second kappa shape index (κ2) is 13.2. The van der Waals surface area contributed by atoms with Gasteiger partial charge in [-0.2, -0.15) is 4.99 Å². The molecule has 1 heterocycles. The minimum Gasteiger partial charge on any atom is -0.490 e. The maximum atomic E-state index is 13.0. The Balaban J connectivity index is 1.49. The lowest BCUT2D eigenvalue weighted by atomic mass is 10.0. The van der Waals surface area contributed by atoms with Crippen LogP contribution in [0.25, 0.3) is 0 Å². The van der Waals surface area contributed by atoms with Crippen LogP contribution in [0.15, 0.2) is 82.8 Å². The monoisotopic (exact) mass is 603 g/mol. The number of nitrogens with zero attached hydrogens (tertiary/aromatic N) is 2. The molecule has 0 spiro atoms. The molecule has 3 aromatic rings. The number of halogens is 1. The third-order valence-electron chi connectivity index (χ3n) is 6.11. The van der Waals surface area contributed by atoms with Gasteiger partial charge in [0.1, 0.15) is 18.9 Å². The van der Waals surface area contributed by atoms with E-state index in [2.05, 4.69) is 32.8 Å². The summed E-state index contributed by atoms with van der Waals surface area (Å²) < 4.78 is 13.1. The summed E-state index contributed by atoms with van der Waals surface area (Å²) in [5, 5.41) is 2.70. The molecule has 0 unspecified atom stereocenters. The zero-order chi connectivity index (χ0) is 28.6. The van der Waals surface area contributed by atoms with Crippen LogP contribution in [0.3, 0.4) is 0 Å². The first-order valence-electron chi connectivity index (χ1n) is 12.8. The van der Waals surface area contributed by atoms with Crippen LogP contribution in [0.5, 0.6) is 11.5 Å². The number of rotatable bonds is 12. The molecule has 4 amide bonds. The topological polar surface area (TPSA) is 97.3 Å². The van der Waals surface area contributed by atoms with E-state index in [0.717, 1.165) is 31.6 Å². The second-order valence-electron chi connectivity index (χ2n) is 9.25.